The van der Waals surface area contributed by atoms with Crippen molar-refractivity contribution in [3.05, 3.63) is 50.3 Å². The molecule has 94 valence electrons. The highest BCUT2D eigenvalue weighted by molar-refractivity contribution is 14.1. The van der Waals surface area contributed by atoms with E-state index in [1.54, 1.807) is 12.1 Å². The minimum absolute atomic E-state index is 0.206. The number of nitrogens with one attached hydrogen (secondary N) is 1. The van der Waals surface area contributed by atoms with E-state index in [1.165, 1.54) is 0 Å². The van der Waals surface area contributed by atoms with E-state index < -0.39 is 0 Å². The van der Waals surface area contributed by atoms with Crippen molar-refractivity contribution in [1.29, 1.82) is 0 Å². The number of pyridine rings is 1. The van der Waals surface area contributed by atoms with Crippen LogP contribution in [0.4, 0.5) is 5.69 Å². The van der Waals surface area contributed by atoms with Crippen LogP contribution in [0.3, 0.4) is 0 Å². The Balaban J connectivity index is 2.13. The summed E-state index contributed by atoms with van der Waals surface area (Å²) in [5.41, 5.74) is 2.50. The molecule has 3 nitrogen and oxygen atoms in total. The summed E-state index contributed by atoms with van der Waals surface area (Å²) in [6.45, 7) is 2.38. The molecule has 0 amide bonds. The van der Waals surface area contributed by atoms with E-state index in [9.17, 15) is 5.11 Å². The molecule has 2 rings (SSSR count). The highest BCUT2D eigenvalue weighted by Gasteiger charge is 2.05. The van der Waals surface area contributed by atoms with Crippen LogP contribution in [0.2, 0.25) is 5.02 Å². The van der Waals surface area contributed by atoms with Gasteiger partial charge < -0.3 is 10.4 Å². The Kier molecular flexibility index (Phi) is 4.29. The van der Waals surface area contributed by atoms with Crippen molar-refractivity contribution < 1.29 is 5.11 Å². The maximum Gasteiger partial charge on any atom is 0.138 e. The van der Waals surface area contributed by atoms with Gasteiger partial charge in [0.25, 0.3) is 0 Å². The number of aromatic nitrogens is 1. The first-order chi connectivity index (χ1) is 8.56. The van der Waals surface area contributed by atoms with Gasteiger partial charge in [-0.25, -0.2) is 0 Å². The van der Waals surface area contributed by atoms with Gasteiger partial charge in [0.05, 0.1) is 6.54 Å². The Morgan fingerprint density at radius 2 is 2.11 bits per heavy atom. The molecule has 0 fully saturated rings. The maximum absolute atomic E-state index is 9.70. The summed E-state index contributed by atoms with van der Waals surface area (Å²) in [7, 11) is 0. The van der Waals surface area contributed by atoms with E-state index in [2.05, 4.69) is 32.9 Å². The lowest BCUT2D eigenvalue weighted by Gasteiger charge is -2.10. The molecule has 0 unspecified atom stereocenters. The average Bonchev–Trinajstić information content (AvgIpc) is 2.32. The summed E-state index contributed by atoms with van der Waals surface area (Å²) in [6.07, 6.45) is 0. The van der Waals surface area contributed by atoms with Crippen molar-refractivity contribution in [3.63, 3.8) is 0 Å². The summed E-state index contributed by atoms with van der Waals surface area (Å²) in [4.78, 5) is 4.29. The molecule has 1 aromatic carbocycles. The minimum atomic E-state index is 0.206. The fourth-order valence-electron chi connectivity index (χ4n) is 1.55. The summed E-state index contributed by atoms with van der Waals surface area (Å²) >= 11 is 8.11. The van der Waals surface area contributed by atoms with Crippen molar-refractivity contribution in [2.45, 2.75) is 13.5 Å². The SMILES string of the molecule is Cc1ccc(O)c(CNc2ccc(Cl)cc2I)n1. The van der Waals surface area contributed by atoms with Gasteiger partial charge in [-0.05, 0) is 59.8 Å². The van der Waals surface area contributed by atoms with E-state index in [0.29, 0.717) is 17.3 Å². The van der Waals surface area contributed by atoms with E-state index in [1.807, 2.05) is 25.1 Å². The zero-order valence-electron chi connectivity index (χ0n) is 9.74. The van der Waals surface area contributed by atoms with Gasteiger partial charge in [0.1, 0.15) is 11.4 Å². The summed E-state index contributed by atoms with van der Waals surface area (Å²) < 4.78 is 1.03. The smallest absolute Gasteiger partial charge is 0.138 e. The van der Waals surface area contributed by atoms with Gasteiger partial charge in [0, 0.05) is 20.0 Å². The Labute approximate surface area is 124 Å². The van der Waals surface area contributed by atoms with Crippen LogP contribution >= 0.6 is 34.2 Å². The predicted octanol–water partition coefficient (Wildman–Crippen LogP) is 3.97. The molecule has 2 N–H and O–H groups in total. The monoisotopic (exact) mass is 374 g/mol. The lowest BCUT2D eigenvalue weighted by atomic mass is 10.2. The lowest BCUT2D eigenvalue weighted by Crippen LogP contribution is -2.04. The second-order valence-corrected chi connectivity index (χ2v) is 5.49. The zero-order valence-corrected chi connectivity index (χ0v) is 12.7. The summed E-state index contributed by atoms with van der Waals surface area (Å²) in [5, 5.41) is 13.6. The number of halogens is 2. The van der Waals surface area contributed by atoms with Crippen LogP contribution < -0.4 is 5.32 Å². The number of hydrogen-bond acceptors (Lipinski definition) is 3. The van der Waals surface area contributed by atoms with E-state index >= 15 is 0 Å². The standard InChI is InChI=1S/C13H12ClIN2O/c1-8-2-5-13(18)12(17-8)7-16-11-4-3-9(14)6-10(11)15/h2-6,16,18H,7H2,1H3. The summed E-state index contributed by atoms with van der Waals surface area (Å²) in [5.74, 6) is 0.206. The fraction of sp³-hybridized carbons (Fsp3) is 0.154. The number of aryl methyl sites for hydroxylation is 1. The molecule has 0 saturated carbocycles. The van der Waals surface area contributed by atoms with Crippen molar-refractivity contribution in [2.24, 2.45) is 0 Å². The van der Waals surface area contributed by atoms with Crippen molar-refractivity contribution in [1.82, 2.24) is 4.98 Å². The highest BCUT2D eigenvalue weighted by Crippen LogP contribution is 2.23. The quantitative estimate of drug-likeness (QED) is 0.799. The van der Waals surface area contributed by atoms with Gasteiger partial charge in [-0.15, -0.1) is 0 Å². The Morgan fingerprint density at radius 1 is 1.33 bits per heavy atom. The molecule has 0 radical (unpaired) electrons. The third kappa shape index (κ3) is 3.26. The number of anilines is 1. The first-order valence-electron chi connectivity index (χ1n) is 5.40. The number of aromatic hydroxyl groups is 1. The Hall–Kier alpha value is -1.01. The Bertz CT molecular complexity index is 575. The number of nitrogens with zero attached hydrogens (tertiary/aromatic N) is 1. The van der Waals surface area contributed by atoms with E-state index in [4.69, 9.17) is 11.6 Å². The Morgan fingerprint density at radius 3 is 2.83 bits per heavy atom. The number of benzene rings is 1. The second kappa shape index (κ2) is 5.75. The second-order valence-electron chi connectivity index (χ2n) is 3.90. The molecule has 0 aliphatic rings. The first kappa shape index (κ1) is 13.4. The summed E-state index contributed by atoms with van der Waals surface area (Å²) in [6, 6.07) is 9.07. The van der Waals surface area contributed by atoms with Gasteiger partial charge in [0.2, 0.25) is 0 Å². The molecule has 18 heavy (non-hydrogen) atoms. The molecular weight excluding hydrogens is 363 g/mol. The zero-order chi connectivity index (χ0) is 13.1. The third-order valence-electron chi connectivity index (χ3n) is 2.47. The molecule has 1 aromatic heterocycles. The van der Waals surface area contributed by atoms with Crippen molar-refractivity contribution >= 4 is 39.9 Å². The van der Waals surface area contributed by atoms with Crippen molar-refractivity contribution in [3.8, 4) is 5.75 Å². The highest BCUT2D eigenvalue weighted by atomic mass is 127. The van der Waals surface area contributed by atoms with Gasteiger partial charge in [-0.1, -0.05) is 11.6 Å². The van der Waals surface area contributed by atoms with Crippen LogP contribution in [-0.2, 0) is 6.54 Å². The molecule has 2 aromatic rings. The third-order valence-corrected chi connectivity index (χ3v) is 3.59. The van der Waals surface area contributed by atoms with Gasteiger partial charge in [0.15, 0.2) is 0 Å². The minimum Gasteiger partial charge on any atom is -0.506 e. The normalized spacial score (nSPS) is 10.4. The van der Waals surface area contributed by atoms with Crippen LogP contribution in [0, 0.1) is 10.5 Å². The first-order valence-corrected chi connectivity index (χ1v) is 6.86. The van der Waals surface area contributed by atoms with Crippen LogP contribution in [0.25, 0.3) is 0 Å². The molecule has 0 aliphatic heterocycles. The topological polar surface area (TPSA) is 45.1 Å². The molecule has 0 spiro atoms. The number of hydrogen-bond donors (Lipinski definition) is 2. The van der Waals surface area contributed by atoms with Crippen molar-refractivity contribution in [2.75, 3.05) is 5.32 Å². The molecule has 0 atom stereocenters. The van der Waals surface area contributed by atoms with Gasteiger partial charge in [-0.3, -0.25) is 4.98 Å². The largest absolute Gasteiger partial charge is 0.506 e. The average molecular weight is 375 g/mol. The molecular formula is C13H12ClIN2O. The van der Waals surface area contributed by atoms with Gasteiger partial charge in [-0.2, -0.15) is 0 Å². The maximum atomic E-state index is 9.70. The molecule has 1 heterocycles. The molecule has 0 aliphatic carbocycles. The van der Waals surface area contributed by atoms with E-state index in [-0.39, 0.29) is 5.75 Å². The molecule has 5 heteroatoms. The van der Waals surface area contributed by atoms with Crippen LogP contribution in [-0.4, -0.2) is 10.1 Å². The molecule has 0 saturated heterocycles. The van der Waals surface area contributed by atoms with Crippen LogP contribution in [0.1, 0.15) is 11.4 Å². The lowest BCUT2D eigenvalue weighted by molar-refractivity contribution is 0.464. The number of rotatable bonds is 3. The van der Waals surface area contributed by atoms with Crippen LogP contribution in [0.15, 0.2) is 30.3 Å². The molecule has 0 bridgehead atoms. The predicted molar refractivity (Wildman–Crippen MR) is 82.1 cm³/mol. The van der Waals surface area contributed by atoms with Gasteiger partial charge >= 0.3 is 0 Å². The fourth-order valence-corrected chi connectivity index (χ4v) is 2.61. The van der Waals surface area contributed by atoms with E-state index in [0.717, 1.165) is 15.0 Å². The van der Waals surface area contributed by atoms with Crippen LogP contribution in [0.5, 0.6) is 5.75 Å².